The number of nitrogens with one attached hydrogen (secondary N) is 1. The van der Waals surface area contributed by atoms with E-state index in [2.05, 4.69) is 5.32 Å². The third-order valence-electron chi connectivity index (χ3n) is 4.14. The first-order chi connectivity index (χ1) is 13.8. The van der Waals surface area contributed by atoms with Crippen molar-refractivity contribution in [2.45, 2.75) is 18.0 Å². The monoisotopic (exact) mass is 414 g/mol. The number of ether oxygens (including phenoxy) is 1. The van der Waals surface area contributed by atoms with E-state index in [-0.39, 0.29) is 29.8 Å². The lowest BCUT2D eigenvalue weighted by Crippen LogP contribution is -2.23. The Hall–Kier alpha value is -3.23. The summed E-state index contributed by atoms with van der Waals surface area (Å²) in [6.45, 7) is 0.398. The van der Waals surface area contributed by atoms with Crippen LogP contribution in [0.15, 0.2) is 77.7 Å². The lowest BCUT2D eigenvalue weighted by molar-refractivity contribution is 0.0946. The van der Waals surface area contributed by atoms with Crippen LogP contribution in [0.3, 0.4) is 0 Å². The van der Waals surface area contributed by atoms with Crippen molar-refractivity contribution in [3.63, 3.8) is 0 Å². The van der Waals surface area contributed by atoms with Gasteiger partial charge in [0.05, 0.1) is 10.5 Å². The molecule has 3 rings (SSSR count). The Morgan fingerprint density at radius 3 is 2.21 bits per heavy atom. The molecule has 0 heterocycles. The molecule has 0 fully saturated rings. The summed E-state index contributed by atoms with van der Waals surface area (Å²) in [5, 5.41) is 7.84. The summed E-state index contributed by atoms with van der Waals surface area (Å²) < 4.78 is 41.3. The van der Waals surface area contributed by atoms with E-state index >= 15 is 0 Å². The topological polar surface area (TPSA) is 98.5 Å². The number of carbonyl (C=O) groups is 1. The zero-order chi connectivity index (χ0) is 20.9. The average Bonchev–Trinajstić information content (AvgIpc) is 2.71. The molecule has 0 unspecified atom stereocenters. The highest BCUT2D eigenvalue weighted by molar-refractivity contribution is 7.89. The Balaban J connectivity index is 1.64. The summed E-state index contributed by atoms with van der Waals surface area (Å²) in [6.07, 6.45) is 0. The van der Waals surface area contributed by atoms with E-state index in [1.807, 2.05) is 0 Å². The van der Waals surface area contributed by atoms with Gasteiger partial charge in [-0.05, 0) is 47.5 Å². The van der Waals surface area contributed by atoms with E-state index in [9.17, 15) is 17.6 Å². The summed E-state index contributed by atoms with van der Waals surface area (Å²) in [6, 6.07) is 18.6. The summed E-state index contributed by atoms with van der Waals surface area (Å²) in [5.41, 5.74) is 1.85. The van der Waals surface area contributed by atoms with E-state index in [1.165, 1.54) is 24.3 Å². The average molecular weight is 414 g/mol. The number of amides is 1. The molecule has 0 aliphatic carbocycles. The number of nitrogens with two attached hydrogens (primary N) is 1. The molecule has 29 heavy (non-hydrogen) atoms. The Bertz CT molecular complexity index is 1100. The third kappa shape index (κ3) is 5.63. The van der Waals surface area contributed by atoms with E-state index in [1.54, 1.807) is 48.5 Å². The second kappa shape index (κ2) is 8.85. The predicted molar refractivity (Wildman–Crippen MR) is 106 cm³/mol. The summed E-state index contributed by atoms with van der Waals surface area (Å²) in [4.78, 5) is 12.6. The molecule has 0 atom stereocenters. The van der Waals surface area contributed by atoms with Gasteiger partial charge >= 0.3 is 0 Å². The molecule has 0 radical (unpaired) electrons. The summed E-state index contributed by atoms with van der Waals surface area (Å²) in [5.74, 6) is -0.264. The second-order valence-corrected chi connectivity index (χ2v) is 7.84. The normalized spacial score (nSPS) is 11.1. The smallest absolute Gasteiger partial charge is 0.255 e. The van der Waals surface area contributed by atoms with Gasteiger partial charge in [-0.15, -0.1) is 0 Å². The van der Waals surface area contributed by atoms with E-state index < -0.39 is 10.0 Å². The number of hydrogen-bond acceptors (Lipinski definition) is 4. The molecule has 0 aromatic heterocycles. The fourth-order valence-electron chi connectivity index (χ4n) is 2.60. The van der Waals surface area contributed by atoms with Gasteiger partial charge in [-0.3, -0.25) is 4.79 Å². The Morgan fingerprint density at radius 1 is 0.931 bits per heavy atom. The van der Waals surface area contributed by atoms with Crippen molar-refractivity contribution in [2.75, 3.05) is 0 Å². The van der Waals surface area contributed by atoms with Gasteiger partial charge in [0.1, 0.15) is 18.2 Å². The SMILES string of the molecule is NS(=O)(=O)c1ccc(CNC(=O)c2ccccc2OCc2ccc(F)cc2)cc1. The quantitative estimate of drug-likeness (QED) is 0.621. The molecule has 0 saturated heterocycles. The van der Waals surface area contributed by atoms with Crippen molar-refractivity contribution in [3.8, 4) is 5.75 Å². The van der Waals surface area contributed by atoms with Crippen LogP contribution < -0.4 is 15.2 Å². The van der Waals surface area contributed by atoms with Gasteiger partial charge in [-0.25, -0.2) is 17.9 Å². The third-order valence-corrected chi connectivity index (χ3v) is 5.07. The lowest BCUT2D eigenvalue weighted by atomic mass is 10.1. The molecular formula is C21H19FN2O4S. The van der Waals surface area contributed by atoms with Crippen LogP contribution in [0.1, 0.15) is 21.5 Å². The fraction of sp³-hybridized carbons (Fsp3) is 0.0952. The van der Waals surface area contributed by atoms with Crippen LogP contribution in [0.2, 0.25) is 0 Å². The molecule has 0 aliphatic rings. The Morgan fingerprint density at radius 2 is 1.55 bits per heavy atom. The van der Waals surface area contributed by atoms with Crippen LogP contribution in [-0.4, -0.2) is 14.3 Å². The molecule has 0 spiro atoms. The highest BCUT2D eigenvalue weighted by atomic mass is 32.2. The molecule has 150 valence electrons. The highest BCUT2D eigenvalue weighted by Crippen LogP contribution is 2.20. The van der Waals surface area contributed by atoms with Crippen molar-refractivity contribution in [2.24, 2.45) is 5.14 Å². The first-order valence-corrected chi connectivity index (χ1v) is 10.2. The highest BCUT2D eigenvalue weighted by Gasteiger charge is 2.13. The number of sulfonamides is 1. The van der Waals surface area contributed by atoms with Crippen molar-refractivity contribution in [1.82, 2.24) is 5.32 Å². The van der Waals surface area contributed by atoms with Crippen LogP contribution >= 0.6 is 0 Å². The number of carbonyl (C=O) groups excluding carboxylic acids is 1. The standard InChI is InChI=1S/C21H19FN2O4S/c22-17-9-5-16(6-10-17)14-28-20-4-2-1-3-19(20)21(25)24-13-15-7-11-18(12-8-15)29(23,26)27/h1-12H,13-14H2,(H,24,25)(H2,23,26,27). The molecule has 0 aliphatic heterocycles. The fourth-order valence-corrected chi connectivity index (χ4v) is 3.11. The summed E-state index contributed by atoms with van der Waals surface area (Å²) in [7, 11) is -3.76. The van der Waals surface area contributed by atoms with Gasteiger partial charge in [-0.2, -0.15) is 0 Å². The minimum atomic E-state index is -3.76. The van der Waals surface area contributed by atoms with Crippen molar-refractivity contribution >= 4 is 15.9 Å². The second-order valence-electron chi connectivity index (χ2n) is 6.28. The Labute approximate surface area is 168 Å². The van der Waals surface area contributed by atoms with Crippen LogP contribution in [0.25, 0.3) is 0 Å². The van der Waals surface area contributed by atoms with Gasteiger partial charge in [0.2, 0.25) is 10.0 Å². The molecule has 6 nitrogen and oxygen atoms in total. The number of halogens is 1. The maximum Gasteiger partial charge on any atom is 0.255 e. The van der Waals surface area contributed by atoms with Crippen LogP contribution in [-0.2, 0) is 23.2 Å². The molecule has 0 bridgehead atoms. The Kier molecular flexibility index (Phi) is 6.26. The number of rotatable bonds is 7. The minimum Gasteiger partial charge on any atom is -0.488 e. The predicted octanol–water partition coefficient (Wildman–Crippen LogP) is 2.98. The van der Waals surface area contributed by atoms with Crippen molar-refractivity contribution < 1.29 is 22.3 Å². The van der Waals surface area contributed by atoms with Crippen molar-refractivity contribution in [1.29, 1.82) is 0 Å². The zero-order valence-corrected chi connectivity index (χ0v) is 16.2. The van der Waals surface area contributed by atoms with Gasteiger partial charge in [0.15, 0.2) is 0 Å². The molecule has 3 aromatic carbocycles. The van der Waals surface area contributed by atoms with Gasteiger partial charge in [0.25, 0.3) is 5.91 Å². The molecule has 0 saturated carbocycles. The number of hydrogen-bond donors (Lipinski definition) is 2. The van der Waals surface area contributed by atoms with Crippen LogP contribution in [0, 0.1) is 5.82 Å². The number of primary sulfonamides is 1. The van der Waals surface area contributed by atoms with Crippen LogP contribution in [0.5, 0.6) is 5.75 Å². The number of para-hydroxylation sites is 1. The zero-order valence-electron chi connectivity index (χ0n) is 15.3. The number of benzene rings is 3. The molecule has 3 N–H and O–H groups in total. The lowest BCUT2D eigenvalue weighted by Gasteiger charge is -2.12. The van der Waals surface area contributed by atoms with E-state index in [0.29, 0.717) is 11.3 Å². The first-order valence-electron chi connectivity index (χ1n) is 8.69. The van der Waals surface area contributed by atoms with Crippen molar-refractivity contribution in [3.05, 3.63) is 95.3 Å². The first kappa shape index (κ1) is 20.5. The van der Waals surface area contributed by atoms with E-state index in [0.717, 1.165) is 11.1 Å². The van der Waals surface area contributed by atoms with Gasteiger partial charge in [-0.1, -0.05) is 36.4 Å². The van der Waals surface area contributed by atoms with Gasteiger partial charge < -0.3 is 10.1 Å². The molecule has 3 aromatic rings. The summed E-state index contributed by atoms with van der Waals surface area (Å²) >= 11 is 0. The minimum absolute atomic E-state index is 0.00659. The largest absolute Gasteiger partial charge is 0.488 e. The molecule has 1 amide bonds. The van der Waals surface area contributed by atoms with Crippen LogP contribution in [0.4, 0.5) is 4.39 Å². The molecular weight excluding hydrogens is 395 g/mol. The van der Waals surface area contributed by atoms with Gasteiger partial charge in [0, 0.05) is 6.54 Å². The van der Waals surface area contributed by atoms with E-state index in [4.69, 9.17) is 9.88 Å². The maximum absolute atomic E-state index is 13.0. The maximum atomic E-state index is 13.0. The molecule has 8 heteroatoms.